The lowest BCUT2D eigenvalue weighted by molar-refractivity contribution is 0.0600. The monoisotopic (exact) mass is 237 g/mol. The van der Waals surface area contributed by atoms with Crippen molar-refractivity contribution in [2.45, 2.75) is 0 Å². The molecule has 0 aliphatic heterocycles. The molecular formula is C10H8ClN3O2. The van der Waals surface area contributed by atoms with Crippen molar-refractivity contribution >= 4 is 17.6 Å². The average Bonchev–Trinajstić information content (AvgIpc) is 2.81. The maximum atomic E-state index is 11.2. The number of halogens is 1. The van der Waals surface area contributed by atoms with Gasteiger partial charge in [0.2, 0.25) is 0 Å². The molecule has 5 nitrogen and oxygen atoms in total. The van der Waals surface area contributed by atoms with Gasteiger partial charge in [0.15, 0.2) is 5.82 Å². The van der Waals surface area contributed by atoms with Gasteiger partial charge in [0.05, 0.1) is 12.8 Å². The number of hydrogen-bond acceptors (Lipinski definition) is 4. The van der Waals surface area contributed by atoms with Gasteiger partial charge in [0.25, 0.3) is 0 Å². The van der Waals surface area contributed by atoms with Crippen LogP contribution in [0.15, 0.2) is 24.5 Å². The summed E-state index contributed by atoms with van der Waals surface area (Å²) < 4.78 is 4.54. The van der Waals surface area contributed by atoms with Crippen LogP contribution in [0.2, 0.25) is 5.15 Å². The number of carbonyl (C=O) groups is 1. The molecule has 6 heteroatoms. The summed E-state index contributed by atoms with van der Waals surface area (Å²) in [5.74, 6) is -0.120. The number of hydrogen-bond donors (Lipinski definition) is 1. The molecule has 0 fully saturated rings. The Morgan fingerprint density at radius 3 is 2.94 bits per heavy atom. The number of ether oxygens (including phenoxy) is 1. The zero-order chi connectivity index (χ0) is 11.5. The standard InChI is InChI=1S/C10H8ClN3O2/c1-16-10(15)6-5-13-9(14-8(6)11)7-3-2-4-12-7/h2-5,12H,1H3. The normalized spacial score (nSPS) is 10.1. The molecule has 0 atom stereocenters. The molecular weight excluding hydrogens is 230 g/mol. The zero-order valence-electron chi connectivity index (χ0n) is 8.40. The molecule has 0 amide bonds. The van der Waals surface area contributed by atoms with Gasteiger partial charge in [-0.3, -0.25) is 0 Å². The Morgan fingerprint density at radius 2 is 2.38 bits per heavy atom. The number of methoxy groups -OCH3 is 1. The summed E-state index contributed by atoms with van der Waals surface area (Å²) in [6, 6.07) is 3.63. The third kappa shape index (κ3) is 1.90. The first-order chi connectivity index (χ1) is 7.72. The van der Waals surface area contributed by atoms with E-state index in [1.54, 1.807) is 6.20 Å². The minimum atomic E-state index is -0.553. The van der Waals surface area contributed by atoms with Crippen LogP contribution in [0.1, 0.15) is 10.4 Å². The predicted octanol–water partition coefficient (Wildman–Crippen LogP) is 1.91. The van der Waals surface area contributed by atoms with Crippen molar-refractivity contribution < 1.29 is 9.53 Å². The fourth-order valence-corrected chi connectivity index (χ4v) is 1.41. The number of aromatic nitrogens is 3. The number of rotatable bonds is 2. The quantitative estimate of drug-likeness (QED) is 0.640. The molecule has 1 N–H and O–H groups in total. The molecule has 2 heterocycles. The van der Waals surface area contributed by atoms with Gasteiger partial charge in [-0.15, -0.1) is 0 Å². The maximum Gasteiger partial charge on any atom is 0.342 e. The van der Waals surface area contributed by atoms with Crippen molar-refractivity contribution in [2.24, 2.45) is 0 Å². The highest BCUT2D eigenvalue weighted by Crippen LogP contribution is 2.18. The van der Waals surface area contributed by atoms with Crippen molar-refractivity contribution in [1.29, 1.82) is 0 Å². The van der Waals surface area contributed by atoms with Crippen LogP contribution in [-0.2, 0) is 4.74 Å². The minimum absolute atomic E-state index is 0.0754. The highest BCUT2D eigenvalue weighted by atomic mass is 35.5. The lowest BCUT2D eigenvalue weighted by atomic mass is 10.3. The second-order valence-electron chi connectivity index (χ2n) is 2.97. The van der Waals surface area contributed by atoms with Crippen LogP contribution >= 0.6 is 11.6 Å². The topological polar surface area (TPSA) is 67.9 Å². The molecule has 0 saturated heterocycles. The number of carbonyl (C=O) groups excluding carboxylic acids is 1. The second kappa shape index (κ2) is 4.32. The van der Waals surface area contributed by atoms with Crippen molar-refractivity contribution in [3.63, 3.8) is 0 Å². The Balaban J connectivity index is 2.41. The number of esters is 1. The van der Waals surface area contributed by atoms with Crippen molar-refractivity contribution in [1.82, 2.24) is 15.0 Å². The van der Waals surface area contributed by atoms with Gasteiger partial charge in [-0.2, -0.15) is 0 Å². The van der Waals surface area contributed by atoms with E-state index in [4.69, 9.17) is 11.6 Å². The summed E-state index contributed by atoms with van der Waals surface area (Å²) >= 11 is 5.85. The first-order valence-corrected chi connectivity index (χ1v) is 4.85. The van der Waals surface area contributed by atoms with Crippen LogP contribution < -0.4 is 0 Å². The van der Waals surface area contributed by atoms with Gasteiger partial charge >= 0.3 is 5.97 Å². The van der Waals surface area contributed by atoms with E-state index in [0.29, 0.717) is 5.82 Å². The minimum Gasteiger partial charge on any atom is -0.465 e. The fourth-order valence-electron chi connectivity index (χ4n) is 1.21. The van der Waals surface area contributed by atoms with Crippen molar-refractivity contribution in [3.05, 3.63) is 35.2 Å². The Bertz CT molecular complexity index is 511. The Labute approximate surface area is 96.4 Å². The van der Waals surface area contributed by atoms with Crippen molar-refractivity contribution in [3.8, 4) is 11.5 Å². The molecule has 0 aliphatic carbocycles. The number of aromatic amines is 1. The van der Waals surface area contributed by atoms with Crippen molar-refractivity contribution in [2.75, 3.05) is 7.11 Å². The molecule has 0 saturated carbocycles. The van der Waals surface area contributed by atoms with E-state index < -0.39 is 5.97 Å². The second-order valence-corrected chi connectivity index (χ2v) is 3.33. The molecule has 0 radical (unpaired) electrons. The van der Waals surface area contributed by atoms with Crippen LogP contribution in [0, 0.1) is 0 Å². The van der Waals surface area contributed by atoms with E-state index in [1.165, 1.54) is 13.3 Å². The number of H-pyrrole nitrogens is 1. The lowest BCUT2D eigenvalue weighted by Crippen LogP contribution is -2.05. The number of nitrogens with zero attached hydrogens (tertiary/aromatic N) is 2. The molecule has 82 valence electrons. The van der Waals surface area contributed by atoms with Crippen LogP contribution in [0.25, 0.3) is 11.5 Å². The molecule has 0 spiro atoms. The number of nitrogens with one attached hydrogen (secondary N) is 1. The predicted molar refractivity (Wildman–Crippen MR) is 58.2 cm³/mol. The van der Waals surface area contributed by atoms with Gasteiger partial charge in [0.1, 0.15) is 10.7 Å². The van der Waals surface area contributed by atoms with E-state index in [9.17, 15) is 4.79 Å². The maximum absolute atomic E-state index is 11.2. The molecule has 0 aromatic carbocycles. The van der Waals surface area contributed by atoms with Crippen LogP contribution in [0.4, 0.5) is 0 Å². The summed E-state index contributed by atoms with van der Waals surface area (Å²) in [5, 5.41) is 0.0754. The summed E-state index contributed by atoms with van der Waals surface area (Å²) in [4.78, 5) is 22.2. The van der Waals surface area contributed by atoms with Gasteiger partial charge in [-0.25, -0.2) is 14.8 Å². The van der Waals surface area contributed by atoms with Crippen LogP contribution in [0.3, 0.4) is 0 Å². The van der Waals surface area contributed by atoms with E-state index in [2.05, 4.69) is 19.7 Å². The summed E-state index contributed by atoms with van der Waals surface area (Å²) in [6.07, 6.45) is 3.10. The lowest BCUT2D eigenvalue weighted by Gasteiger charge is -2.02. The first kappa shape index (κ1) is 10.6. The summed E-state index contributed by atoms with van der Waals surface area (Å²) in [5.41, 5.74) is 0.887. The highest BCUT2D eigenvalue weighted by Gasteiger charge is 2.14. The van der Waals surface area contributed by atoms with E-state index in [0.717, 1.165) is 5.69 Å². The van der Waals surface area contributed by atoms with E-state index in [-0.39, 0.29) is 10.7 Å². The van der Waals surface area contributed by atoms with Crippen LogP contribution in [0.5, 0.6) is 0 Å². The van der Waals surface area contributed by atoms with E-state index >= 15 is 0 Å². The highest BCUT2D eigenvalue weighted by molar-refractivity contribution is 6.32. The molecule has 0 unspecified atom stereocenters. The third-order valence-corrected chi connectivity index (χ3v) is 2.27. The Morgan fingerprint density at radius 1 is 1.56 bits per heavy atom. The average molecular weight is 238 g/mol. The van der Waals surface area contributed by atoms with Crippen LogP contribution in [-0.4, -0.2) is 28.0 Å². The smallest absolute Gasteiger partial charge is 0.342 e. The van der Waals surface area contributed by atoms with Gasteiger partial charge in [0, 0.05) is 12.4 Å². The van der Waals surface area contributed by atoms with Gasteiger partial charge in [-0.05, 0) is 12.1 Å². The van der Waals surface area contributed by atoms with E-state index in [1.807, 2.05) is 12.1 Å². The summed E-state index contributed by atoms with van der Waals surface area (Å²) in [6.45, 7) is 0. The third-order valence-electron chi connectivity index (χ3n) is 1.99. The molecule has 2 aromatic heterocycles. The van der Waals surface area contributed by atoms with Gasteiger partial charge in [-0.1, -0.05) is 11.6 Å². The SMILES string of the molecule is COC(=O)c1cnc(-c2ccc[nH]2)nc1Cl. The summed E-state index contributed by atoms with van der Waals surface area (Å²) in [7, 11) is 1.28. The van der Waals surface area contributed by atoms with Gasteiger partial charge < -0.3 is 9.72 Å². The fraction of sp³-hybridized carbons (Fsp3) is 0.100. The largest absolute Gasteiger partial charge is 0.465 e. The first-order valence-electron chi connectivity index (χ1n) is 4.47. The molecule has 0 bridgehead atoms. The Hall–Kier alpha value is -1.88. The Kier molecular flexibility index (Phi) is 2.87. The molecule has 16 heavy (non-hydrogen) atoms. The molecule has 2 rings (SSSR count). The zero-order valence-corrected chi connectivity index (χ0v) is 9.15. The molecule has 0 aliphatic rings. The molecule has 2 aromatic rings.